The number of benzene rings is 1. The molecule has 0 bridgehead atoms. The van der Waals surface area contributed by atoms with Gasteiger partial charge in [0.15, 0.2) is 5.78 Å². The molecule has 0 aliphatic heterocycles. The Morgan fingerprint density at radius 3 is 2.26 bits per heavy atom. The van der Waals surface area contributed by atoms with E-state index in [-0.39, 0.29) is 12.2 Å². The van der Waals surface area contributed by atoms with Crippen molar-refractivity contribution in [3.05, 3.63) is 29.8 Å². The standard InChI is InChI=1S/C14H17NO4/c1-15(10-16)12-8-6-11(7-9-12)13(17)4-2-3-5-14(18)19/h6-10H,2-5H2,1H3,(H,18,19). The summed E-state index contributed by atoms with van der Waals surface area (Å²) in [6, 6.07) is 6.77. The maximum atomic E-state index is 11.8. The number of carboxylic acids is 1. The van der Waals surface area contributed by atoms with E-state index in [4.69, 9.17) is 5.11 Å². The molecule has 1 aromatic carbocycles. The summed E-state index contributed by atoms with van der Waals surface area (Å²) in [6.07, 6.45) is 2.21. The number of amides is 1. The number of rotatable bonds is 8. The number of carbonyl (C=O) groups is 3. The summed E-state index contributed by atoms with van der Waals surface area (Å²) in [5.41, 5.74) is 1.30. The summed E-state index contributed by atoms with van der Waals surface area (Å²) in [5, 5.41) is 8.48. The van der Waals surface area contributed by atoms with Crippen LogP contribution in [0.4, 0.5) is 5.69 Å². The van der Waals surface area contributed by atoms with E-state index in [0.717, 1.165) is 5.69 Å². The molecule has 0 saturated carbocycles. The van der Waals surface area contributed by atoms with Crippen molar-refractivity contribution in [1.29, 1.82) is 0 Å². The van der Waals surface area contributed by atoms with Gasteiger partial charge in [-0.2, -0.15) is 0 Å². The molecular weight excluding hydrogens is 246 g/mol. The van der Waals surface area contributed by atoms with E-state index in [1.165, 1.54) is 4.90 Å². The summed E-state index contributed by atoms with van der Waals surface area (Å²) < 4.78 is 0. The van der Waals surface area contributed by atoms with E-state index in [2.05, 4.69) is 0 Å². The van der Waals surface area contributed by atoms with Gasteiger partial charge in [0.2, 0.25) is 6.41 Å². The first-order valence-electron chi connectivity index (χ1n) is 6.08. The van der Waals surface area contributed by atoms with Crippen LogP contribution in [0, 0.1) is 0 Å². The topological polar surface area (TPSA) is 74.7 Å². The SMILES string of the molecule is CN(C=O)c1ccc(C(=O)CCCCC(=O)O)cc1. The molecule has 102 valence electrons. The van der Waals surface area contributed by atoms with Crippen molar-refractivity contribution < 1.29 is 19.5 Å². The van der Waals surface area contributed by atoms with Gasteiger partial charge in [0.25, 0.3) is 0 Å². The minimum absolute atomic E-state index is 0.00862. The molecule has 19 heavy (non-hydrogen) atoms. The summed E-state index contributed by atoms with van der Waals surface area (Å²) in [4.78, 5) is 34.1. The van der Waals surface area contributed by atoms with Crippen LogP contribution in [0.5, 0.6) is 0 Å². The molecule has 1 N–H and O–H groups in total. The van der Waals surface area contributed by atoms with E-state index < -0.39 is 5.97 Å². The Labute approximate surface area is 111 Å². The van der Waals surface area contributed by atoms with Crippen LogP contribution in [0.1, 0.15) is 36.0 Å². The van der Waals surface area contributed by atoms with Crippen molar-refractivity contribution in [1.82, 2.24) is 0 Å². The molecule has 1 amide bonds. The van der Waals surface area contributed by atoms with Crippen LogP contribution in [0.2, 0.25) is 0 Å². The second kappa shape index (κ2) is 7.31. The Balaban J connectivity index is 2.49. The highest BCUT2D eigenvalue weighted by atomic mass is 16.4. The Hall–Kier alpha value is -2.17. The van der Waals surface area contributed by atoms with Crippen LogP contribution < -0.4 is 4.90 Å². The summed E-state index contributed by atoms with van der Waals surface area (Å²) in [6.45, 7) is 0. The number of nitrogens with zero attached hydrogens (tertiary/aromatic N) is 1. The van der Waals surface area contributed by atoms with Crippen molar-refractivity contribution in [2.45, 2.75) is 25.7 Å². The number of hydrogen-bond donors (Lipinski definition) is 1. The van der Waals surface area contributed by atoms with Gasteiger partial charge in [-0.15, -0.1) is 0 Å². The van der Waals surface area contributed by atoms with Crippen molar-refractivity contribution in [2.75, 3.05) is 11.9 Å². The van der Waals surface area contributed by atoms with Gasteiger partial charge < -0.3 is 10.0 Å². The molecule has 0 aromatic heterocycles. The van der Waals surface area contributed by atoms with E-state index in [0.29, 0.717) is 31.2 Å². The minimum Gasteiger partial charge on any atom is -0.481 e. The third-order valence-electron chi connectivity index (χ3n) is 2.80. The smallest absolute Gasteiger partial charge is 0.303 e. The van der Waals surface area contributed by atoms with Crippen molar-refractivity contribution in [3.63, 3.8) is 0 Å². The van der Waals surface area contributed by atoms with Crippen molar-refractivity contribution in [3.8, 4) is 0 Å². The number of carbonyl (C=O) groups excluding carboxylic acids is 2. The van der Waals surface area contributed by atoms with E-state index in [1.807, 2.05) is 0 Å². The van der Waals surface area contributed by atoms with Crippen LogP contribution >= 0.6 is 0 Å². The Morgan fingerprint density at radius 1 is 1.16 bits per heavy atom. The van der Waals surface area contributed by atoms with Gasteiger partial charge in [-0.05, 0) is 37.1 Å². The first kappa shape index (κ1) is 14.9. The Kier molecular flexibility index (Phi) is 5.73. The molecule has 5 heteroatoms. The third-order valence-corrected chi connectivity index (χ3v) is 2.80. The van der Waals surface area contributed by atoms with E-state index in [1.54, 1.807) is 31.3 Å². The average Bonchev–Trinajstić information content (AvgIpc) is 2.42. The summed E-state index contributed by atoms with van der Waals surface area (Å²) in [5.74, 6) is -0.848. The number of Topliss-reactive ketones (excluding diaryl/α,β-unsaturated/α-hetero) is 1. The third kappa shape index (κ3) is 4.91. The van der Waals surface area contributed by atoms with Crippen LogP contribution in [0.25, 0.3) is 0 Å². The molecule has 0 aliphatic rings. The highest BCUT2D eigenvalue weighted by molar-refractivity contribution is 5.96. The highest BCUT2D eigenvalue weighted by Gasteiger charge is 2.07. The lowest BCUT2D eigenvalue weighted by Crippen LogP contribution is -2.13. The monoisotopic (exact) mass is 263 g/mol. The lowest BCUT2D eigenvalue weighted by molar-refractivity contribution is -0.137. The lowest BCUT2D eigenvalue weighted by Gasteiger charge is -2.10. The predicted molar refractivity (Wildman–Crippen MR) is 71.3 cm³/mol. The van der Waals surface area contributed by atoms with Crippen molar-refractivity contribution >= 4 is 23.9 Å². The summed E-state index contributed by atoms with van der Waals surface area (Å²) >= 11 is 0. The Bertz CT molecular complexity index is 453. The molecular formula is C14H17NO4. The number of anilines is 1. The minimum atomic E-state index is -0.839. The largest absolute Gasteiger partial charge is 0.481 e. The second-order valence-electron chi connectivity index (χ2n) is 4.29. The molecule has 1 aromatic rings. The van der Waals surface area contributed by atoms with Crippen molar-refractivity contribution in [2.24, 2.45) is 0 Å². The first-order valence-corrected chi connectivity index (χ1v) is 6.08. The van der Waals surface area contributed by atoms with Gasteiger partial charge in [-0.1, -0.05) is 0 Å². The molecule has 0 aliphatic carbocycles. The molecule has 1 rings (SSSR count). The van der Waals surface area contributed by atoms with Crippen LogP contribution in [-0.2, 0) is 9.59 Å². The van der Waals surface area contributed by atoms with Gasteiger partial charge in [0.1, 0.15) is 0 Å². The number of hydrogen-bond acceptors (Lipinski definition) is 3. The zero-order chi connectivity index (χ0) is 14.3. The zero-order valence-electron chi connectivity index (χ0n) is 10.8. The van der Waals surface area contributed by atoms with Gasteiger partial charge in [-0.25, -0.2) is 0 Å². The van der Waals surface area contributed by atoms with E-state index >= 15 is 0 Å². The normalized spacial score (nSPS) is 9.95. The van der Waals surface area contributed by atoms with Crippen LogP contribution in [0.3, 0.4) is 0 Å². The molecule has 0 saturated heterocycles. The van der Waals surface area contributed by atoms with E-state index in [9.17, 15) is 14.4 Å². The fourth-order valence-electron chi connectivity index (χ4n) is 1.65. The van der Waals surface area contributed by atoms with Crippen LogP contribution in [0.15, 0.2) is 24.3 Å². The maximum Gasteiger partial charge on any atom is 0.303 e. The maximum absolute atomic E-state index is 11.8. The fourth-order valence-corrected chi connectivity index (χ4v) is 1.65. The number of unbranched alkanes of at least 4 members (excludes halogenated alkanes) is 1. The fraction of sp³-hybridized carbons (Fsp3) is 0.357. The number of aliphatic carboxylic acids is 1. The van der Waals surface area contributed by atoms with Gasteiger partial charge >= 0.3 is 5.97 Å². The lowest BCUT2D eigenvalue weighted by atomic mass is 10.0. The number of carboxylic acid groups (broad SMARTS) is 1. The molecule has 0 radical (unpaired) electrons. The van der Waals surface area contributed by atoms with Gasteiger partial charge in [0, 0.05) is 31.1 Å². The summed E-state index contributed by atoms with van der Waals surface area (Å²) in [7, 11) is 1.63. The Morgan fingerprint density at radius 2 is 1.74 bits per heavy atom. The van der Waals surface area contributed by atoms with Crippen LogP contribution in [-0.4, -0.2) is 30.3 Å². The molecule has 0 atom stereocenters. The molecule has 0 heterocycles. The average molecular weight is 263 g/mol. The first-order chi connectivity index (χ1) is 9.04. The molecule has 0 unspecified atom stereocenters. The van der Waals surface area contributed by atoms with Gasteiger partial charge in [-0.3, -0.25) is 14.4 Å². The molecule has 5 nitrogen and oxygen atoms in total. The second-order valence-corrected chi connectivity index (χ2v) is 4.29. The number of ketones is 1. The molecule has 0 fully saturated rings. The highest BCUT2D eigenvalue weighted by Crippen LogP contribution is 2.14. The van der Waals surface area contributed by atoms with Gasteiger partial charge in [0.05, 0.1) is 0 Å². The zero-order valence-corrected chi connectivity index (χ0v) is 10.8. The quantitative estimate of drug-likeness (QED) is 0.443. The molecule has 0 spiro atoms. The predicted octanol–water partition coefficient (Wildman–Crippen LogP) is 2.11.